The zero-order valence-corrected chi connectivity index (χ0v) is 14.1. The highest BCUT2D eigenvalue weighted by atomic mass is 35.5. The average Bonchev–Trinajstić information content (AvgIpc) is 3.23. The molecule has 0 saturated heterocycles. The minimum absolute atomic E-state index is 0.0822. The molecule has 0 aromatic carbocycles. The second kappa shape index (κ2) is 6.25. The van der Waals surface area contributed by atoms with Gasteiger partial charge in [-0.05, 0) is 41.5 Å². The topological polar surface area (TPSA) is 67.7 Å². The summed E-state index contributed by atoms with van der Waals surface area (Å²) < 4.78 is 7.52. The fourth-order valence-corrected chi connectivity index (χ4v) is 2.76. The lowest BCUT2D eigenvalue weighted by molar-refractivity contribution is -0.477. The van der Waals surface area contributed by atoms with E-state index in [4.69, 9.17) is 24.0 Å². The van der Waals surface area contributed by atoms with Crippen molar-refractivity contribution in [2.24, 2.45) is 0 Å². The van der Waals surface area contributed by atoms with Crippen LogP contribution in [0.2, 0.25) is 5.28 Å². The summed E-state index contributed by atoms with van der Waals surface area (Å²) in [5.41, 5.74) is 3.80. The molecule has 0 spiro atoms. The number of hydrogen-bond acceptors (Lipinski definition) is 5. The van der Waals surface area contributed by atoms with E-state index in [0.717, 1.165) is 12.1 Å². The first-order chi connectivity index (χ1) is 12.1. The molecule has 2 radical (unpaired) electrons. The largest absolute Gasteiger partial charge is 0.355 e. The molecular formula is C17H12BClN5O+. The van der Waals surface area contributed by atoms with Gasteiger partial charge in [-0.3, -0.25) is 0 Å². The van der Waals surface area contributed by atoms with E-state index in [9.17, 15) is 0 Å². The standard InChI is InChI=1S/C17H12BClN5O/c1-24-6-5-10(9-24)15-7-14(23-25-15)12-4-2-3-11(20-12)13-8-16(18)22-17(19)21-13/h2-5,7-9H,6H2,1H3/q+1. The summed E-state index contributed by atoms with van der Waals surface area (Å²) in [5.74, 6) is 0.709. The van der Waals surface area contributed by atoms with Crippen LogP contribution >= 0.6 is 11.6 Å². The Hall–Kier alpha value is -2.80. The van der Waals surface area contributed by atoms with Crippen LogP contribution in [0.5, 0.6) is 0 Å². The molecule has 0 aliphatic carbocycles. The third-order valence-corrected chi connectivity index (χ3v) is 3.91. The first-order valence-corrected chi connectivity index (χ1v) is 7.96. The van der Waals surface area contributed by atoms with Gasteiger partial charge < -0.3 is 4.52 Å². The normalized spacial score (nSPS) is 13.7. The Bertz CT molecular complexity index is 1010. The summed E-state index contributed by atoms with van der Waals surface area (Å²) in [6.07, 6.45) is 4.10. The lowest BCUT2D eigenvalue weighted by Gasteiger charge is -2.03. The van der Waals surface area contributed by atoms with Gasteiger partial charge in [0.15, 0.2) is 18.5 Å². The number of rotatable bonds is 3. The molecule has 0 atom stereocenters. The Balaban J connectivity index is 1.69. The zero-order valence-electron chi connectivity index (χ0n) is 13.3. The minimum Gasteiger partial charge on any atom is -0.355 e. The number of aromatic nitrogens is 4. The van der Waals surface area contributed by atoms with Crippen molar-refractivity contribution < 1.29 is 9.10 Å². The van der Waals surface area contributed by atoms with E-state index >= 15 is 0 Å². The molecule has 0 saturated carbocycles. The second-order valence-corrected chi connectivity index (χ2v) is 6.00. The molecule has 0 unspecified atom stereocenters. The van der Waals surface area contributed by atoms with Gasteiger partial charge in [-0.2, -0.15) is 0 Å². The van der Waals surface area contributed by atoms with Crippen molar-refractivity contribution in [2.45, 2.75) is 0 Å². The SMILES string of the molecule is [B]c1cc(-c2cccc(-c3cc(C4=CC[N+](C)=C4)on3)n2)nc(Cl)n1. The lowest BCUT2D eigenvalue weighted by Crippen LogP contribution is -2.10. The van der Waals surface area contributed by atoms with Gasteiger partial charge in [0.1, 0.15) is 20.6 Å². The third-order valence-electron chi connectivity index (χ3n) is 3.75. The molecule has 120 valence electrons. The Morgan fingerprint density at radius 3 is 2.60 bits per heavy atom. The molecule has 3 aromatic rings. The van der Waals surface area contributed by atoms with E-state index in [0.29, 0.717) is 34.1 Å². The van der Waals surface area contributed by atoms with Crippen molar-refractivity contribution in [3.8, 4) is 22.8 Å². The summed E-state index contributed by atoms with van der Waals surface area (Å²) >= 11 is 5.87. The van der Waals surface area contributed by atoms with Gasteiger partial charge in [0.25, 0.3) is 0 Å². The summed E-state index contributed by atoms with van der Waals surface area (Å²) in [6, 6.07) is 9.04. The molecule has 0 amide bonds. The van der Waals surface area contributed by atoms with Crippen molar-refractivity contribution in [1.82, 2.24) is 20.1 Å². The van der Waals surface area contributed by atoms with Crippen LogP contribution < -0.4 is 5.59 Å². The number of likely N-dealkylation sites (N-methyl/N-ethyl adjacent to an activating group) is 1. The molecule has 8 heteroatoms. The van der Waals surface area contributed by atoms with Crippen LogP contribution in [-0.4, -0.2) is 52.3 Å². The molecule has 0 N–H and O–H groups in total. The fraction of sp³-hybridized carbons (Fsp3) is 0.118. The molecule has 4 heterocycles. The first kappa shape index (κ1) is 15.7. The predicted molar refractivity (Wildman–Crippen MR) is 96.3 cm³/mol. The Morgan fingerprint density at radius 2 is 1.88 bits per heavy atom. The summed E-state index contributed by atoms with van der Waals surface area (Å²) in [5, 5.41) is 4.21. The summed E-state index contributed by atoms with van der Waals surface area (Å²) in [4.78, 5) is 12.6. The highest BCUT2D eigenvalue weighted by molar-refractivity contribution is 6.33. The summed E-state index contributed by atoms with van der Waals surface area (Å²) in [7, 11) is 7.73. The van der Waals surface area contributed by atoms with E-state index in [2.05, 4.69) is 30.8 Å². The predicted octanol–water partition coefficient (Wildman–Crippen LogP) is 1.75. The Morgan fingerprint density at radius 1 is 1.08 bits per heavy atom. The van der Waals surface area contributed by atoms with Gasteiger partial charge in [-0.1, -0.05) is 11.2 Å². The molecule has 25 heavy (non-hydrogen) atoms. The van der Waals surface area contributed by atoms with E-state index < -0.39 is 0 Å². The maximum atomic E-state index is 5.87. The number of allylic oxidation sites excluding steroid dienone is 1. The smallest absolute Gasteiger partial charge is 0.222 e. The molecule has 0 fully saturated rings. The van der Waals surface area contributed by atoms with Gasteiger partial charge in [-0.15, -0.1) is 0 Å². The van der Waals surface area contributed by atoms with Crippen molar-refractivity contribution in [3.05, 3.63) is 47.5 Å². The van der Waals surface area contributed by atoms with E-state index in [1.165, 1.54) is 0 Å². The summed E-state index contributed by atoms with van der Waals surface area (Å²) in [6.45, 7) is 0.856. The lowest BCUT2D eigenvalue weighted by atomic mass is 10.0. The van der Waals surface area contributed by atoms with Crippen LogP contribution in [0.3, 0.4) is 0 Å². The molecule has 4 rings (SSSR count). The molecule has 3 aromatic heterocycles. The fourth-order valence-electron chi connectivity index (χ4n) is 2.57. The maximum Gasteiger partial charge on any atom is 0.222 e. The number of nitrogens with zero attached hydrogens (tertiary/aromatic N) is 5. The third kappa shape index (κ3) is 3.23. The molecule has 1 aliphatic rings. The van der Waals surface area contributed by atoms with E-state index in [1.54, 1.807) is 6.07 Å². The van der Waals surface area contributed by atoms with Gasteiger partial charge in [0.2, 0.25) is 5.28 Å². The molecule has 1 aliphatic heterocycles. The Kier molecular flexibility index (Phi) is 3.93. The van der Waals surface area contributed by atoms with Crippen molar-refractivity contribution in [3.63, 3.8) is 0 Å². The first-order valence-electron chi connectivity index (χ1n) is 7.59. The minimum atomic E-state index is 0.0822. The number of hydrogen-bond donors (Lipinski definition) is 0. The van der Waals surface area contributed by atoms with Crippen LogP contribution in [0, 0.1) is 0 Å². The van der Waals surface area contributed by atoms with Gasteiger partial charge in [0, 0.05) is 6.07 Å². The monoisotopic (exact) mass is 348 g/mol. The maximum absolute atomic E-state index is 5.87. The van der Waals surface area contributed by atoms with Crippen molar-refractivity contribution >= 4 is 36.8 Å². The van der Waals surface area contributed by atoms with Crippen LogP contribution in [0.25, 0.3) is 28.3 Å². The number of halogens is 1. The number of pyridine rings is 1. The van der Waals surface area contributed by atoms with E-state index in [-0.39, 0.29) is 5.28 Å². The van der Waals surface area contributed by atoms with Gasteiger partial charge in [-0.25, -0.2) is 19.5 Å². The van der Waals surface area contributed by atoms with E-state index in [1.807, 2.05) is 37.5 Å². The average molecular weight is 349 g/mol. The van der Waals surface area contributed by atoms with Crippen LogP contribution in [-0.2, 0) is 0 Å². The van der Waals surface area contributed by atoms with Crippen molar-refractivity contribution in [2.75, 3.05) is 13.6 Å². The quantitative estimate of drug-likeness (QED) is 0.410. The van der Waals surface area contributed by atoms with Crippen molar-refractivity contribution in [1.29, 1.82) is 0 Å². The molecule has 0 bridgehead atoms. The molecule has 6 nitrogen and oxygen atoms in total. The van der Waals surface area contributed by atoms with Gasteiger partial charge >= 0.3 is 0 Å². The van der Waals surface area contributed by atoms with Crippen LogP contribution in [0.4, 0.5) is 0 Å². The van der Waals surface area contributed by atoms with Crippen LogP contribution in [0.1, 0.15) is 5.76 Å². The highest BCUT2D eigenvalue weighted by Gasteiger charge is 2.17. The zero-order chi connectivity index (χ0) is 17.4. The second-order valence-electron chi connectivity index (χ2n) is 5.66. The highest BCUT2D eigenvalue weighted by Crippen LogP contribution is 2.24. The molecular weight excluding hydrogens is 336 g/mol. The van der Waals surface area contributed by atoms with Gasteiger partial charge in [0.05, 0.1) is 22.7 Å². The Labute approximate surface area is 150 Å². The van der Waals surface area contributed by atoms with Crippen LogP contribution in [0.15, 0.2) is 40.9 Å².